The third kappa shape index (κ3) is 4.07. The minimum atomic E-state index is -4.43. The monoisotopic (exact) mass is 379 g/mol. The fraction of sp³-hybridized carbons (Fsp3) is 0.231. The highest BCUT2D eigenvalue weighted by Crippen LogP contribution is 2.34. The quantitative estimate of drug-likeness (QED) is 0.742. The first-order chi connectivity index (χ1) is 9.79. The third-order valence-electron chi connectivity index (χ3n) is 2.61. The molecular formula is C13H10BrClF3N3. The van der Waals surface area contributed by atoms with E-state index in [1.807, 2.05) is 6.92 Å². The van der Waals surface area contributed by atoms with E-state index >= 15 is 0 Å². The Labute approximate surface area is 132 Å². The SMILES string of the molecule is CCc1nc(Br)cc(Nc2cc(C(F)(F)F)ccc2Cl)n1. The lowest BCUT2D eigenvalue weighted by atomic mass is 10.2. The van der Waals surface area contributed by atoms with Crippen molar-refractivity contribution < 1.29 is 13.2 Å². The average Bonchev–Trinajstić information content (AvgIpc) is 2.39. The second-order valence-electron chi connectivity index (χ2n) is 4.16. The molecule has 0 aliphatic heterocycles. The van der Waals surface area contributed by atoms with Crippen LogP contribution in [-0.2, 0) is 12.6 Å². The van der Waals surface area contributed by atoms with Gasteiger partial charge in [0.1, 0.15) is 16.2 Å². The summed E-state index contributed by atoms with van der Waals surface area (Å²) < 4.78 is 38.7. The van der Waals surface area contributed by atoms with E-state index in [0.29, 0.717) is 22.7 Å². The number of nitrogens with one attached hydrogen (secondary N) is 1. The highest BCUT2D eigenvalue weighted by Gasteiger charge is 2.31. The first-order valence-corrected chi connectivity index (χ1v) is 7.14. The Bertz CT molecular complexity index is 662. The molecule has 0 atom stereocenters. The van der Waals surface area contributed by atoms with Crippen molar-refractivity contribution in [2.24, 2.45) is 0 Å². The van der Waals surface area contributed by atoms with Gasteiger partial charge in [0.25, 0.3) is 0 Å². The molecule has 0 fully saturated rings. The van der Waals surface area contributed by atoms with Crippen LogP contribution in [0.5, 0.6) is 0 Å². The summed E-state index contributed by atoms with van der Waals surface area (Å²) in [4.78, 5) is 8.31. The Kier molecular flexibility index (Phi) is 4.73. The standard InChI is InChI=1S/C13H10BrClF3N3/c1-2-11-20-10(14)6-12(21-11)19-9-5-7(13(16,17)18)3-4-8(9)15/h3-6H,2H2,1H3,(H,19,20,21). The first kappa shape index (κ1) is 16.0. The molecule has 0 unspecified atom stereocenters. The van der Waals surface area contributed by atoms with Gasteiger partial charge in [0.05, 0.1) is 16.3 Å². The summed E-state index contributed by atoms with van der Waals surface area (Å²) in [5, 5.41) is 2.96. The maximum Gasteiger partial charge on any atom is 0.416 e. The number of hydrogen-bond acceptors (Lipinski definition) is 3. The Morgan fingerprint density at radius 1 is 1.24 bits per heavy atom. The molecule has 0 aliphatic rings. The minimum absolute atomic E-state index is 0.138. The van der Waals surface area contributed by atoms with Gasteiger partial charge in [-0.3, -0.25) is 0 Å². The van der Waals surface area contributed by atoms with Crippen LogP contribution in [0.3, 0.4) is 0 Å². The van der Waals surface area contributed by atoms with Gasteiger partial charge in [-0.05, 0) is 34.1 Å². The van der Waals surface area contributed by atoms with Crippen molar-refractivity contribution in [3.63, 3.8) is 0 Å². The van der Waals surface area contributed by atoms with E-state index in [0.717, 1.165) is 12.1 Å². The van der Waals surface area contributed by atoms with Crippen molar-refractivity contribution in [3.05, 3.63) is 45.3 Å². The van der Waals surface area contributed by atoms with Gasteiger partial charge in [0.15, 0.2) is 0 Å². The molecule has 21 heavy (non-hydrogen) atoms. The van der Waals surface area contributed by atoms with Crippen molar-refractivity contribution in [1.82, 2.24) is 9.97 Å². The van der Waals surface area contributed by atoms with Crippen LogP contribution < -0.4 is 5.32 Å². The van der Waals surface area contributed by atoms with Gasteiger partial charge in [-0.1, -0.05) is 18.5 Å². The van der Waals surface area contributed by atoms with Crippen LogP contribution in [0.25, 0.3) is 0 Å². The number of aromatic nitrogens is 2. The highest BCUT2D eigenvalue weighted by molar-refractivity contribution is 9.10. The van der Waals surface area contributed by atoms with E-state index in [-0.39, 0.29) is 10.7 Å². The number of rotatable bonds is 3. The Morgan fingerprint density at radius 2 is 1.95 bits per heavy atom. The smallest absolute Gasteiger partial charge is 0.339 e. The second-order valence-corrected chi connectivity index (χ2v) is 5.38. The van der Waals surface area contributed by atoms with Crippen LogP contribution in [0.15, 0.2) is 28.9 Å². The number of hydrogen-bond donors (Lipinski definition) is 1. The Balaban J connectivity index is 2.37. The lowest BCUT2D eigenvalue weighted by Gasteiger charge is -2.12. The van der Waals surface area contributed by atoms with Crippen LogP contribution in [0.1, 0.15) is 18.3 Å². The average molecular weight is 381 g/mol. The van der Waals surface area contributed by atoms with Crippen LogP contribution in [0.2, 0.25) is 5.02 Å². The molecule has 0 spiro atoms. The summed E-state index contributed by atoms with van der Waals surface area (Å²) in [6, 6.07) is 4.64. The molecule has 8 heteroatoms. The van der Waals surface area contributed by atoms with Crippen LogP contribution in [0, 0.1) is 0 Å². The summed E-state index contributed by atoms with van der Waals surface area (Å²) >= 11 is 9.15. The predicted molar refractivity (Wildman–Crippen MR) is 78.8 cm³/mol. The molecule has 0 saturated carbocycles. The molecule has 0 saturated heterocycles. The lowest BCUT2D eigenvalue weighted by Crippen LogP contribution is -2.06. The van der Waals surface area contributed by atoms with Crippen molar-refractivity contribution in [3.8, 4) is 0 Å². The summed E-state index contributed by atoms with van der Waals surface area (Å²) in [5.74, 6) is 0.935. The Hall–Kier alpha value is -1.34. The van der Waals surface area contributed by atoms with Crippen molar-refractivity contribution in [1.29, 1.82) is 0 Å². The molecule has 112 valence electrons. The van der Waals surface area contributed by atoms with E-state index < -0.39 is 11.7 Å². The van der Waals surface area contributed by atoms with Gasteiger partial charge in [-0.2, -0.15) is 13.2 Å². The molecule has 0 radical (unpaired) electrons. The van der Waals surface area contributed by atoms with E-state index in [1.54, 1.807) is 6.07 Å². The molecule has 1 N–H and O–H groups in total. The molecule has 0 aliphatic carbocycles. The third-order valence-corrected chi connectivity index (χ3v) is 3.35. The molecule has 0 amide bonds. The predicted octanol–water partition coefficient (Wildman–Crippen LogP) is 5.22. The van der Waals surface area contributed by atoms with Crippen molar-refractivity contribution in [2.75, 3.05) is 5.32 Å². The number of benzene rings is 1. The first-order valence-electron chi connectivity index (χ1n) is 5.97. The normalized spacial score (nSPS) is 11.5. The lowest BCUT2D eigenvalue weighted by molar-refractivity contribution is -0.137. The van der Waals surface area contributed by atoms with Crippen LogP contribution in [0.4, 0.5) is 24.7 Å². The van der Waals surface area contributed by atoms with Crippen LogP contribution in [-0.4, -0.2) is 9.97 Å². The van der Waals surface area contributed by atoms with E-state index in [1.165, 1.54) is 6.07 Å². The van der Waals surface area contributed by atoms with E-state index in [9.17, 15) is 13.2 Å². The van der Waals surface area contributed by atoms with Gasteiger partial charge < -0.3 is 5.32 Å². The zero-order valence-corrected chi connectivity index (χ0v) is 13.1. The molecule has 1 aromatic heterocycles. The minimum Gasteiger partial charge on any atom is -0.339 e. The summed E-state index contributed by atoms with van der Waals surface area (Å²) in [6.07, 6.45) is -3.83. The zero-order chi connectivity index (χ0) is 15.6. The number of halogens is 5. The van der Waals surface area contributed by atoms with Gasteiger partial charge in [0, 0.05) is 12.5 Å². The maximum absolute atomic E-state index is 12.7. The van der Waals surface area contributed by atoms with Crippen LogP contribution >= 0.6 is 27.5 Å². The number of anilines is 2. The molecule has 3 nitrogen and oxygen atoms in total. The van der Waals surface area contributed by atoms with Crippen molar-refractivity contribution >= 4 is 39.0 Å². The topological polar surface area (TPSA) is 37.8 Å². The summed E-state index contributed by atoms with van der Waals surface area (Å²) in [5.41, 5.74) is -0.641. The number of nitrogens with zero attached hydrogens (tertiary/aromatic N) is 2. The Morgan fingerprint density at radius 3 is 2.57 bits per heavy atom. The molecule has 2 rings (SSSR count). The molecule has 0 bridgehead atoms. The molecule has 1 aromatic carbocycles. The molecule has 2 aromatic rings. The number of aryl methyl sites for hydroxylation is 1. The van der Waals surface area contributed by atoms with Gasteiger partial charge in [-0.15, -0.1) is 0 Å². The van der Waals surface area contributed by atoms with Crippen molar-refractivity contribution in [2.45, 2.75) is 19.5 Å². The van der Waals surface area contributed by atoms with E-state index in [2.05, 4.69) is 31.2 Å². The number of alkyl halides is 3. The molecular weight excluding hydrogens is 371 g/mol. The van der Waals surface area contributed by atoms with E-state index in [4.69, 9.17) is 11.6 Å². The second kappa shape index (κ2) is 6.19. The fourth-order valence-electron chi connectivity index (χ4n) is 1.62. The molecule has 1 heterocycles. The summed E-state index contributed by atoms with van der Waals surface area (Å²) in [7, 11) is 0. The van der Waals surface area contributed by atoms with Gasteiger partial charge in [-0.25, -0.2) is 9.97 Å². The summed E-state index contributed by atoms with van der Waals surface area (Å²) in [6.45, 7) is 1.88. The maximum atomic E-state index is 12.7. The largest absolute Gasteiger partial charge is 0.416 e. The van der Waals surface area contributed by atoms with Gasteiger partial charge >= 0.3 is 6.18 Å². The van der Waals surface area contributed by atoms with Gasteiger partial charge in [0.2, 0.25) is 0 Å². The fourth-order valence-corrected chi connectivity index (χ4v) is 2.21. The highest BCUT2D eigenvalue weighted by atomic mass is 79.9. The zero-order valence-electron chi connectivity index (χ0n) is 10.8.